The van der Waals surface area contributed by atoms with Gasteiger partial charge in [-0.15, -0.1) is 12.4 Å². The summed E-state index contributed by atoms with van der Waals surface area (Å²) in [5.74, 6) is -0.193. The Labute approximate surface area is 214 Å². The van der Waals surface area contributed by atoms with Crippen molar-refractivity contribution in [3.05, 3.63) is 102 Å². The zero-order chi connectivity index (χ0) is 25.0. The van der Waals surface area contributed by atoms with E-state index in [4.69, 9.17) is 0 Å². The van der Waals surface area contributed by atoms with Gasteiger partial charge < -0.3 is 14.8 Å². The van der Waals surface area contributed by atoms with Crippen molar-refractivity contribution in [2.45, 2.75) is 6.18 Å². The predicted octanol–water partition coefficient (Wildman–Crippen LogP) is 6.54. The molecular weight excluding hydrogens is 487 g/mol. The van der Waals surface area contributed by atoms with Gasteiger partial charge in [0.25, 0.3) is 5.91 Å². The minimum absolute atomic E-state index is 0. The first-order valence-electron chi connectivity index (χ1n) is 11.2. The van der Waals surface area contributed by atoms with Crippen molar-refractivity contribution in [1.82, 2.24) is 14.8 Å². The first-order valence-corrected chi connectivity index (χ1v) is 11.2. The molecule has 0 fully saturated rings. The molecule has 0 spiro atoms. The Kier molecular flexibility index (Phi) is 8.61. The highest BCUT2D eigenvalue weighted by Gasteiger charge is 2.34. The van der Waals surface area contributed by atoms with Gasteiger partial charge in [-0.05, 0) is 61.6 Å². The fraction of sp³-hybridized carbons (Fsp3) is 0.179. The van der Waals surface area contributed by atoms with Crippen LogP contribution in [-0.4, -0.2) is 42.6 Å². The molecule has 4 aromatic rings. The minimum atomic E-state index is -4.51. The highest BCUT2D eigenvalue weighted by molar-refractivity contribution is 5.94. The van der Waals surface area contributed by atoms with Crippen molar-refractivity contribution in [1.29, 1.82) is 0 Å². The van der Waals surface area contributed by atoms with Crippen LogP contribution in [0.1, 0.15) is 15.9 Å². The van der Waals surface area contributed by atoms with Crippen molar-refractivity contribution in [3.8, 4) is 28.2 Å². The lowest BCUT2D eigenvalue weighted by Crippen LogP contribution is -2.31. The number of alkyl halides is 3. The molecule has 1 N–H and O–H groups in total. The summed E-state index contributed by atoms with van der Waals surface area (Å²) < 4.78 is 43.5. The van der Waals surface area contributed by atoms with Gasteiger partial charge in [0.1, 0.15) is 0 Å². The van der Waals surface area contributed by atoms with Crippen molar-refractivity contribution >= 4 is 18.3 Å². The van der Waals surface area contributed by atoms with Crippen LogP contribution in [0.25, 0.3) is 28.2 Å². The van der Waals surface area contributed by atoms with Crippen LogP contribution < -0.4 is 5.32 Å². The maximum atomic E-state index is 13.9. The van der Waals surface area contributed by atoms with E-state index < -0.39 is 11.7 Å². The van der Waals surface area contributed by atoms with E-state index in [1.54, 1.807) is 34.9 Å². The largest absolute Gasteiger partial charge is 0.418 e. The quantitative estimate of drug-likeness (QED) is 0.304. The lowest BCUT2D eigenvalue weighted by atomic mass is 10.1. The molecule has 0 saturated heterocycles. The van der Waals surface area contributed by atoms with E-state index in [2.05, 4.69) is 5.32 Å². The van der Waals surface area contributed by atoms with Gasteiger partial charge >= 0.3 is 6.18 Å². The molecule has 36 heavy (non-hydrogen) atoms. The molecule has 0 radical (unpaired) electrons. The van der Waals surface area contributed by atoms with E-state index in [1.165, 1.54) is 12.1 Å². The summed E-state index contributed by atoms with van der Waals surface area (Å²) in [6.45, 7) is 1.24. The van der Waals surface area contributed by atoms with Gasteiger partial charge in [-0.2, -0.15) is 13.2 Å². The summed E-state index contributed by atoms with van der Waals surface area (Å²) in [4.78, 5) is 14.4. The summed E-state index contributed by atoms with van der Waals surface area (Å²) in [5, 5.41) is 2.87. The zero-order valence-electron chi connectivity index (χ0n) is 19.9. The molecule has 1 heterocycles. The smallest absolute Gasteiger partial charge is 0.351 e. The van der Waals surface area contributed by atoms with Crippen LogP contribution in [0, 0.1) is 0 Å². The number of benzene rings is 3. The van der Waals surface area contributed by atoms with E-state index >= 15 is 0 Å². The summed E-state index contributed by atoms with van der Waals surface area (Å²) in [5.41, 5.74) is 2.56. The Hall–Kier alpha value is -3.55. The maximum absolute atomic E-state index is 13.9. The van der Waals surface area contributed by atoms with Crippen LogP contribution in [0.2, 0.25) is 0 Å². The molecule has 0 bridgehead atoms. The number of halogens is 4. The lowest BCUT2D eigenvalue weighted by molar-refractivity contribution is -0.137. The minimum Gasteiger partial charge on any atom is -0.351 e. The Morgan fingerprint density at radius 3 is 1.94 bits per heavy atom. The van der Waals surface area contributed by atoms with E-state index in [9.17, 15) is 18.0 Å². The number of hydrogen-bond donors (Lipinski definition) is 1. The molecule has 188 valence electrons. The molecule has 8 heteroatoms. The standard InChI is InChI=1S/C28H26F3N3O.ClH/c1-33(2)19-18-32-27(35)22-14-12-21(13-15-22)25-17-16-24(20-8-4-3-5-9-20)34(25)26-11-7-6-10-23(26)28(29,30)31;/h3-17H,18-19H2,1-2H3,(H,32,35);1H. The molecule has 0 aliphatic rings. The number of amides is 1. The van der Waals surface area contributed by atoms with Crippen LogP contribution >= 0.6 is 12.4 Å². The van der Waals surface area contributed by atoms with Crippen molar-refractivity contribution in [3.63, 3.8) is 0 Å². The predicted molar refractivity (Wildman–Crippen MR) is 140 cm³/mol. The van der Waals surface area contributed by atoms with E-state index in [0.717, 1.165) is 18.2 Å². The van der Waals surface area contributed by atoms with Crippen LogP contribution in [0.15, 0.2) is 91.0 Å². The van der Waals surface area contributed by atoms with E-state index in [-0.39, 0.29) is 24.0 Å². The van der Waals surface area contributed by atoms with Crippen molar-refractivity contribution in [2.24, 2.45) is 0 Å². The van der Waals surface area contributed by atoms with Gasteiger partial charge in [-0.1, -0.05) is 54.6 Å². The first-order chi connectivity index (χ1) is 16.8. The lowest BCUT2D eigenvalue weighted by Gasteiger charge is -2.19. The maximum Gasteiger partial charge on any atom is 0.418 e. The van der Waals surface area contributed by atoms with Gasteiger partial charge in [-0.25, -0.2) is 0 Å². The number of rotatable bonds is 7. The van der Waals surface area contributed by atoms with Crippen LogP contribution in [0.3, 0.4) is 0 Å². The monoisotopic (exact) mass is 513 g/mol. The molecule has 4 nitrogen and oxygen atoms in total. The summed E-state index contributed by atoms with van der Waals surface area (Å²) in [6, 6.07) is 25.4. The number of aromatic nitrogens is 1. The average molecular weight is 514 g/mol. The third-order valence-electron chi connectivity index (χ3n) is 5.69. The van der Waals surface area contributed by atoms with Crippen LogP contribution in [-0.2, 0) is 6.18 Å². The molecule has 0 unspecified atom stereocenters. The number of para-hydroxylation sites is 1. The summed E-state index contributed by atoms with van der Waals surface area (Å²) in [6.07, 6.45) is -4.51. The van der Waals surface area contributed by atoms with Gasteiger partial charge in [-0.3, -0.25) is 4.79 Å². The van der Waals surface area contributed by atoms with Crippen molar-refractivity contribution < 1.29 is 18.0 Å². The topological polar surface area (TPSA) is 37.3 Å². The highest BCUT2D eigenvalue weighted by Crippen LogP contribution is 2.39. The second kappa shape index (κ2) is 11.5. The van der Waals surface area contributed by atoms with E-state index in [1.807, 2.05) is 61.5 Å². The Bertz CT molecular complexity index is 1300. The van der Waals surface area contributed by atoms with Gasteiger partial charge in [0.2, 0.25) is 0 Å². The molecule has 0 atom stereocenters. The number of carbonyl (C=O) groups excluding carboxylic acids is 1. The average Bonchev–Trinajstić information content (AvgIpc) is 3.29. The molecule has 0 aliphatic heterocycles. The fourth-order valence-electron chi connectivity index (χ4n) is 3.95. The summed E-state index contributed by atoms with van der Waals surface area (Å²) in [7, 11) is 3.85. The number of nitrogens with zero attached hydrogens (tertiary/aromatic N) is 2. The first kappa shape index (κ1) is 27.0. The normalized spacial score (nSPS) is 11.3. The Morgan fingerprint density at radius 2 is 1.36 bits per heavy atom. The Morgan fingerprint density at radius 1 is 0.806 bits per heavy atom. The molecule has 1 aromatic heterocycles. The molecule has 0 aliphatic carbocycles. The van der Waals surface area contributed by atoms with Crippen molar-refractivity contribution in [2.75, 3.05) is 27.2 Å². The van der Waals surface area contributed by atoms with Gasteiger partial charge in [0.15, 0.2) is 0 Å². The van der Waals surface area contributed by atoms with E-state index in [0.29, 0.717) is 29.1 Å². The third-order valence-corrected chi connectivity index (χ3v) is 5.69. The van der Waals surface area contributed by atoms with Crippen LogP contribution in [0.4, 0.5) is 13.2 Å². The fourth-order valence-corrected chi connectivity index (χ4v) is 3.95. The zero-order valence-corrected chi connectivity index (χ0v) is 20.7. The number of likely N-dealkylation sites (N-methyl/N-ethyl adjacent to an activating group) is 1. The molecule has 0 saturated carbocycles. The summed E-state index contributed by atoms with van der Waals surface area (Å²) >= 11 is 0. The molecule has 1 amide bonds. The number of hydrogen-bond acceptors (Lipinski definition) is 2. The number of nitrogens with one attached hydrogen (secondary N) is 1. The SMILES string of the molecule is CN(C)CCNC(=O)c1ccc(-c2ccc(-c3ccccc3)n2-c2ccccc2C(F)(F)F)cc1.Cl. The Balaban J connectivity index is 0.00000361. The van der Waals surface area contributed by atoms with Gasteiger partial charge in [0.05, 0.1) is 22.6 Å². The van der Waals surface area contributed by atoms with Crippen LogP contribution in [0.5, 0.6) is 0 Å². The molecule has 3 aromatic carbocycles. The highest BCUT2D eigenvalue weighted by atomic mass is 35.5. The third kappa shape index (κ3) is 5.98. The van der Waals surface area contributed by atoms with Gasteiger partial charge in [0, 0.05) is 18.7 Å². The second-order valence-corrected chi connectivity index (χ2v) is 8.46. The second-order valence-electron chi connectivity index (χ2n) is 8.46. The number of carbonyl (C=O) groups is 1. The molecule has 4 rings (SSSR count). The molecular formula is C28H27ClF3N3O.